The highest BCUT2D eigenvalue weighted by atomic mass is 19.4. The number of hydrogen-bond donors (Lipinski definition) is 0. The predicted octanol–water partition coefficient (Wildman–Crippen LogP) is 6.75. The molecule has 0 N–H and O–H groups in total. The highest BCUT2D eigenvalue weighted by Gasteiger charge is 2.77. The van der Waals surface area contributed by atoms with E-state index in [1.54, 1.807) is 0 Å². The Labute approximate surface area is 204 Å². The molecule has 0 radical (unpaired) electrons. The number of ether oxygens (including phenoxy) is 2. The van der Waals surface area contributed by atoms with Crippen molar-refractivity contribution in [3.05, 3.63) is 23.5 Å². The van der Waals surface area contributed by atoms with E-state index in [0.29, 0.717) is 30.3 Å². The van der Waals surface area contributed by atoms with Crippen molar-refractivity contribution in [2.24, 2.45) is 28.6 Å². The summed E-state index contributed by atoms with van der Waals surface area (Å²) in [5, 5.41) is 0. The molecule has 202 valence electrons. The topological polar surface area (TPSA) is 52.6 Å². The Morgan fingerprint density at radius 1 is 0.972 bits per heavy atom. The van der Waals surface area contributed by atoms with Crippen molar-refractivity contribution in [3.8, 4) is 0 Å². The van der Waals surface area contributed by atoms with Crippen LogP contribution in [-0.4, -0.2) is 36.1 Å². The molecular formula is C25H29F7O4. The summed E-state index contributed by atoms with van der Waals surface area (Å²) in [5.74, 6) is -15.4. The van der Waals surface area contributed by atoms with Crippen LogP contribution in [0.3, 0.4) is 0 Å². The van der Waals surface area contributed by atoms with Gasteiger partial charge in [0.1, 0.15) is 11.9 Å². The SMILES string of the molecule is CC(=O)O[C@@H]1CC[C@H]2[C@@H]3CC=C4C=C(OC(=O)C(F)(F)C(F)(F)C(F)(F)F)CC[C@]4(C)[C@H]3CC[C@]12C. The molecule has 36 heavy (non-hydrogen) atoms. The summed E-state index contributed by atoms with van der Waals surface area (Å²) in [6, 6.07) is 0. The summed E-state index contributed by atoms with van der Waals surface area (Å²) in [6.45, 7) is 5.58. The minimum atomic E-state index is -6.61. The summed E-state index contributed by atoms with van der Waals surface area (Å²) < 4.78 is 101. The molecule has 4 aliphatic carbocycles. The number of hydrogen-bond acceptors (Lipinski definition) is 4. The van der Waals surface area contributed by atoms with Crippen molar-refractivity contribution in [2.45, 2.75) is 89.8 Å². The molecule has 0 unspecified atom stereocenters. The third kappa shape index (κ3) is 3.95. The molecule has 2 saturated carbocycles. The lowest BCUT2D eigenvalue weighted by Gasteiger charge is -2.56. The van der Waals surface area contributed by atoms with Crippen LogP contribution in [0.1, 0.15) is 65.7 Å². The van der Waals surface area contributed by atoms with Crippen LogP contribution in [0.15, 0.2) is 23.5 Å². The second kappa shape index (κ2) is 8.48. The van der Waals surface area contributed by atoms with E-state index in [4.69, 9.17) is 4.74 Å². The van der Waals surface area contributed by atoms with Crippen LogP contribution in [0.4, 0.5) is 30.7 Å². The van der Waals surface area contributed by atoms with Crippen LogP contribution in [-0.2, 0) is 19.1 Å². The smallest absolute Gasteiger partial charge is 0.460 e. The van der Waals surface area contributed by atoms with E-state index in [2.05, 4.69) is 11.7 Å². The highest BCUT2D eigenvalue weighted by Crippen LogP contribution is 2.65. The van der Waals surface area contributed by atoms with Gasteiger partial charge in [0, 0.05) is 18.8 Å². The zero-order valence-electron chi connectivity index (χ0n) is 20.2. The van der Waals surface area contributed by atoms with Crippen LogP contribution in [0.5, 0.6) is 0 Å². The minimum Gasteiger partial charge on any atom is -0.462 e. The molecule has 6 atom stereocenters. The number of rotatable bonds is 4. The van der Waals surface area contributed by atoms with Crippen molar-refractivity contribution in [3.63, 3.8) is 0 Å². The van der Waals surface area contributed by atoms with E-state index in [1.165, 1.54) is 13.0 Å². The minimum absolute atomic E-state index is 0.0471. The zero-order valence-corrected chi connectivity index (χ0v) is 20.2. The van der Waals surface area contributed by atoms with Gasteiger partial charge in [-0.2, -0.15) is 30.7 Å². The first-order valence-corrected chi connectivity index (χ1v) is 12.1. The van der Waals surface area contributed by atoms with Gasteiger partial charge in [-0.15, -0.1) is 0 Å². The molecule has 0 bridgehead atoms. The van der Waals surface area contributed by atoms with Crippen LogP contribution in [0, 0.1) is 28.6 Å². The molecule has 0 spiro atoms. The van der Waals surface area contributed by atoms with Gasteiger partial charge in [-0.05, 0) is 73.3 Å². The molecule has 0 heterocycles. The van der Waals surface area contributed by atoms with Crippen LogP contribution in [0.2, 0.25) is 0 Å². The second-order valence-electron chi connectivity index (χ2n) is 11.1. The molecule has 4 rings (SSSR count). The van der Waals surface area contributed by atoms with E-state index < -0.39 is 29.4 Å². The normalized spacial score (nSPS) is 36.6. The van der Waals surface area contributed by atoms with Gasteiger partial charge < -0.3 is 9.47 Å². The summed E-state index contributed by atoms with van der Waals surface area (Å²) in [4.78, 5) is 23.3. The maximum absolute atomic E-state index is 13.7. The Hall–Kier alpha value is -2.07. The number of fused-ring (bicyclic) bond motifs is 5. The molecule has 4 nitrogen and oxygen atoms in total. The first-order valence-electron chi connectivity index (χ1n) is 12.1. The second-order valence-corrected chi connectivity index (χ2v) is 11.1. The highest BCUT2D eigenvalue weighted by molar-refractivity contribution is 5.80. The summed E-state index contributed by atoms with van der Waals surface area (Å²) in [7, 11) is 0. The molecule has 2 fully saturated rings. The van der Waals surface area contributed by atoms with E-state index in [1.807, 2.05) is 13.0 Å². The maximum atomic E-state index is 13.7. The molecule has 0 amide bonds. The Morgan fingerprint density at radius 3 is 2.25 bits per heavy atom. The van der Waals surface area contributed by atoms with Crippen LogP contribution < -0.4 is 0 Å². The standard InChI is InChI=1S/C25H29F7O4/c1-13(33)35-19-7-6-17-16-5-4-14-12-15(8-10-21(14,2)18(16)9-11-22(17,19)3)36-20(34)23(26,27)24(28,29)25(30,31)32/h4,12,16-19H,5-11H2,1-3H3/t16-,17-,18-,19+,21-,22-/m0/s1. The van der Waals surface area contributed by atoms with E-state index in [-0.39, 0.29) is 35.6 Å². The third-order valence-corrected chi connectivity index (χ3v) is 9.18. The van der Waals surface area contributed by atoms with Gasteiger partial charge in [-0.25, -0.2) is 4.79 Å². The fourth-order valence-corrected chi connectivity index (χ4v) is 7.22. The van der Waals surface area contributed by atoms with Gasteiger partial charge in [0.2, 0.25) is 0 Å². The van der Waals surface area contributed by atoms with Gasteiger partial charge >= 0.3 is 30.0 Å². The fourth-order valence-electron chi connectivity index (χ4n) is 7.22. The number of carbonyl (C=O) groups excluding carboxylic acids is 2. The fraction of sp³-hybridized carbons (Fsp3) is 0.760. The molecular weight excluding hydrogens is 497 g/mol. The lowest BCUT2D eigenvalue weighted by Crippen LogP contribution is -2.56. The first kappa shape index (κ1) is 27.0. The largest absolute Gasteiger partial charge is 0.462 e. The average Bonchev–Trinajstić information content (AvgIpc) is 3.08. The van der Waals surface area contributed by atoms with Gasteiger partial charge in [0.05, 0.1) is 0 Å². The lowest BCUT2D eigenvalue weighted by molar-refractivity contribution is -0.347. The first-order chi connectivity index (χ1) is 16.4. The summed E-state index contributed by atoms with van der Waals surface area (Å²) in [5.41, 5.74) is 0.175. The van der Waals surface area contributed by atoms with E-state index in [9.17, 15) is 40.3 Å². The van der Waals surface area contributed by atoms with E-state index in [0.717, 1.165) is 25.7 Å². The van der Waals surface area contributed by atoms with Crippen LogP contribution in [0.25, 0.3) is 0 Å². The number of halogens is 7. The predicted molar refractivity (Wildman–Crippen MR) is 113 cm³/mol. The molecule has 11 heteroatoms. The number of esters is 2. The number of alkyl halides is 7. The van der Waals surface area contributed by atoms with Gasteiger partial charge in [-0.1, -0.05) is 19.9 Å². The van der Waals surface area contributed by atoms with Crippen molar-refractivity contribution >= 4 is 11.9 Å². The Balaban J connectivity index is 1.54. The monoisotopic (exact) mass is 526 g/mol. The maximum Gasteiger partial charge on any atom is 0.460 e. The van der Waals surface area contributed by atoms with Crippen molar-refractivity contribution in [1.29, 1.82) is 0 Å². The zero-order chi connectivity index (χ0) is 26.9. The van der Waals surface area contributed by atoms with Gasteiger partial charge in [-0.3, -0.25) is 4.79 Å². The van der Waals surface area contributed by atoms with Crippen molar-refractivity contribution in [1.82, 2.24) is 0 Å². The lowest BCUT2D eigenvalue weighted by atomic mass is 9.48. The molecule has 0 aromatic rings. The Morgan fingerprint density at radius 2 is 1.64 bits per heavy atom. The van der Waals surface area contributed by atoms with Crippen LogP contribution >= 0.6 is 0 Å². The third-order valence-electron chi connectivity index (χ3n) is 9.18. The number of carbonyl (C=O) groups is 2. The average molecular weight is 526 g/mol. The quantitative estimate of drug-likeness (QED) is 0.300. The summed E-state index contributed by atoms with van der Waals surface area (Å²) >= 11 is 0. The molecule has 0 aliphatic heterocycles. The van der Waals surface area contributed by atoms with Crippen molar-refractivity contribution < 1.29 is 49.8 Å². The van der Waals surface area contributed by atoms with Gasteiger partial charge in [0.15, 0.2) is 0 Å². The molecule has 0 saturated heterocycles. The Bertz CT molecular complexity index is 1000. The molecule has 0 aromatic heterocycles. The van der Waals surface area contributed by atoms with Gasteiger partial charge in [0.25, 0.3) is 0 Å². The molecule has 4 aliphatic rings. The van der Waals surface area contributed by atoms with Crippen molar-refractivity contribution in [2.75, 3.05) is 0 Å². The molecule has 0 aromatic carbocycles. The Kier molecular flexibility index (Phi) is 6.35. The summed E-state index contributed by atoms with van der Waals surface area (Å²) in [6.07, 6.45) is 0.850. The number of allylic oxidation sites excluding steroid dienone is 4. The van der Waals surface area contributed by atoms with E-state index >= 15 is 0 Å².